The van der Waals surface area contributed by atoms with Crippen LogP contribution in [0, 0.1) is 0 Å². The fraction of sp³-hybridized carbons (Fsp3) is 0.167. The smallest absolute Gasteiger partial charge is 0.338 e. The number of benzene rings is 1. The van der Waals surface area contributed by atoms with E-state index in [4.69, 9.17) is 5.73 Å². The summed E-state index contributed by atoms with van der Waals surface area (Å²) in [6.45, 7) is 1.58. The molecular formula is C12H12N2O3. The molecule has 0 aliphatic heterocycles. The quantitative estimate of drug-likeness (QED) is 0.747. The van der Waals surface area contributed by atoms with Crippen LogP contribution in [0.4, 0.5) is 0 Å². The molecule has 1 amide bonds. The number of carboxylic acids is 1. The fourth-order valence-corrected chi connectivity index (χ4v) is 1.86. The monoisotopic (exact) mass is 232 g/mol. The van der Waals surface area contributed by atoms with Crippen molar-refractivity contribution in [2.45, 2.75) is 12.8 Å². The Bertz CT molecular complexity index is 601. The standard InChI is InChI=1S/C12H12N2O3/c1-6(11(13)15)10-9(12(16)17)7-4-2-3-5-8(7)14-10/h2-6,14H,1H3,(H2,13,15)(H,16,17). The number of fused-ring (bicyclic) bond motifs is 1. The van der Waals surface area contributed by atoms with E-state index >= 15 is 0 Å². The minimum Gasteiger partial charge on any atom is -0.478 e. The van der Waals surface area contributed by atoms with Gasteiger partial charge >= 0.3 is 5.97 Å². The number of amides is 1. The van der Waals surface area contributed by atoms with E-state index in [1.807, 2.05) is 0 Å². The zero-order valence-electron chi connectivity index (χ0n) is 9.23. The highest BCUT2D eigenvalue weighted by molar-refractivity contribution is 6.06. The van der Waals surface area contributed by atoms with E-state index < -0.39 is 17.8 Å². The molecule has 0 bridgehead atoms. The van der Waals surface area contributed by atoms with Crippen LogP contribution in [-0.2, 0) is 4.79 Å². The molecule has 1 unspecified atom stereocenters. The van der Waals surface area contributed by atoms with Crippen LogP contribution in [0.25, 0.3) is 10.9 Å². The Morgan fingerprint density at radius 3 is 2.59 bits per heavy atom. The van der Waals surface area contributed by atoms with Crippen molar-refractivity contribution in [1.82, 2.24) is 4.98 Å². The van der Waals surface area contributed by atoms with Crippen LogP contribution in [0.2, 0.25) is 0 Å². The first-order valence-electron chi connectivity index (χ1n) is 5.15. The van der Waals surface area contributed by atoms with Gasteiger partial charge in [-0.05, 0) is 13.0 Å². The molecule has 1 aromatic carbocycles. The molecule has 0 saturated carbocycles. The Kier molecular flexibility index (Phi) is 2.59. The summed E-state index contributed by atoms with van der Waals surface area (Å²) < 4.78 is 0. The Morgan fingerprint density at radius 1 is 1.35 bits per heavy atom. The predicted octanol–water partition coefficient (Wildman–Crippen LogP) is 1.45. The number of aromatic amines is 1. The van der Waals surface area contributed by atoms with E-state index in [2.05, 4.69) is 4.98 Å². The third kappa shape index (κ3) is 1.75. The van der Waals surface area contributed by atoms with Crippen LogP contribution < -0.4 is 5.73 Å². The topological polar surface area (TPSA) is 96.2 Å². The van der Waals surface area contributed by atoms with Crippen molar-refractivity contribution >= 4 is 22.8 Å². The maximum atomic E-state index is 11.3. The van der Waals surface area contributed by atoms with Crippen LogP contribution in [0.5, 0.6) is 0 Å². The lowest BCUT2D eigenvalue weighted by Crippen LogP contribution is -2.20. The molecule has 0 aliphatic rings. The molecule has 5 nitrogen and oxygen atoms in total. The van der Waals surface area contributed by atoms with E-state index in [1.54, 1.807) is 31.2 Å². The van der Waals surface area contributed by atoms with Crippen molar-refractivity contribution in [3.05, 3.63) is 35.5 Å². The molecule has 1 aromatic heterocycles. The van der Waals surface area contributed by atoms with Gasteiger partial charge in [0.05, 0.1) is 11.5 Å². The number of rotatable bonds is 3. The van der Waals surface area contributed by atoms with Gasteiger partial charge < -0.3 is 15.8 Å². The molecule has 0 saturated heterocycles. The summed E-state index contributed by atoms with van der Waals surface area (Å²) in [5.74, 6) is -2.28. The first-order chi connectivity index (χ1) is 8.02. The van der Waals surface area contributed by atoms with Gasteiger partial charge in [0.2, 0.25) is 5.91 Å². The van der Waals surface area contributed by atoms with Crippen LogP contribution in [0.15, 0.2) is 24.3 Å². The predicted molar refractivity (Wildman–Crippen MR) is 62.9 cm³/mol. The lowest BCUT2D eigenvalue weighted by Gasteiger charge is -2.06. The largest absolute Gasteiger partial charge is 0.478 e. The highest BCUT2D eigenvalue weighted by Gasteiger charge is 2.24. The number of primary amides is 1. The van der Waals surface area contributed by atoms with Gasteiger partial charge in [-0.15, -0.1) is 0 Å². The Balaban J connectivity index is 2.74. The summed E-state index contributed by atoms with van der Waals surface area (Å²) in [4.78, 5) is 25.4. The second-order valence-electron chi connectivity index (χ2n) is 3.89. The molecule has 17 heavy (non-hydrogen) atoms. The van der Waals surface area contributed by atoms with Gasteiger partial charge in [0.15, 0.2) is 0 Å². The van der Waals surface area contributed by atoms with Crippen molar-refractivity contribution < 1.29 is 14.7 Å². The molecular weight excluding hydrogens is 220 g/mol. The van der Waals surface area contributed by atoms with Gasteiger partial charge in [0.1, 0.15) is 0 Å². The highest BCUT2D eigenvalue weighted by atomic mass is 16.4. The Hall–Kier alpha value is -2.30. The summed E-state index contributed by atoms with van der Waals surface area (Å²) in [5, 5.41) is 9.80. The van der Waals surface area contributed by atoms with Crippen LogP contribution in [-0.4, -0.2) is 22.0 Å². The number of carboxylic acid groups (broad SMARTS) is 1. The zero-order valence-corrected chi connectivity index (χ0v) is 9.23. The molecule has 0 spiro atoms. The zero-order chi connectivity index (χ0) is 12.6. The van der Waals surface area contributed by atoms with E-state index in [-0.39, 0.29) is 5.56 Å². The van der Waals surface area contributed by atoms with Crippen molar-refractivity contribution in [2.75, 3.05) is 0 Å². The SMILES string of the molecule is CC(C(N)=O)c1[nH]c2ccccc2c1C(=O)O. The molecule has 2 rings (SSSR count). The number of nitrogens with two attached hydrogens (primary N) is 1. The van der Waals surface area contributed by atoms with Crippen LogP contribution >= 0.6 is 0 Å². The number of aromatic carboxylic acids is 1. The molecule has 88 valence electrons. The summed E-state index contributed by atoms with van der Waals surface area (Å²) >= 11 is 0. The van der Waals surface area contributed by atoms with E-state index in [1.165, 1.54) is 0 Å². The molecule has 0 aliphatic carbocycles. The van der Waals surface area contributed by atoms with Crippen molar-refractivity contribution in [3.63, 3.8) is 0 Å². The minimum absolute atomic E-state index is 0.118. The van der Waals surface area contributed by atoms with Crippen molar-refractivity contribution in [1.29, 1.82) is 0 Å². The molecule has 1 heterocycles. The second-order valence-corrected chi connectivity index (χ2v) is 3.89. The number of hydrogen-bond donors (Lipinski definition) is 3. The number of nitrogens with one attached hydrogen (secondary N) is 1. The Morgan fingerprint density at radius 2 is 2.00 bits per heavy atom. The first-order valence-corrected chi connectivity index (χ1v) is 5.15. The van der Waals surface area contributed by atoms with Crippen LogP contribution in [0.1, 0.15) is 28.9 Å². The number of H-pyrrole nitrogens is 1. The van der Waals surface area contributed by atoms with Crippen molar-refractivity contribution in [3.8, 4) is 0 Å². The van der Waals surface area contributed by atoms with Gasteiger partial charge in [-0.25, -0.2) is 4.79 Å². The lowest BCUT2D eigenvalue weighted by atomic mass is 10.0. The number of para-hydroxylation sites is 1. The molecule has 2 aromatic rings. The van der Waals surface area contributed by atoms with Gasteiger partial charge in [-0.3, -0.25) is 4.79 Å². The molecule has 0 radical (unpaired) electrons. The Labute approximate surface area is 97.2 Å². The first kappa shape index (κ1) is 11.2. The normalized spacial score (nSPS) is 12.5. The maximum Gasteiger partial charge on any atom is 0.338 e. The summed E-state index contributed by atoms with van der Waals surface area (Å²) in [5.41, 5.74) is 6.37. The number of aromatic nitrogens is 1. The van der Waals surface area contributed by atoms with E-state index in [0.29, 0.717) is 16.6 Å². The van der Waals surface area contributed by atoms with Gasteiger partial charge in [0.25, 0.3) is 0 Å². The minimum atomic E-state index is -1.06. The van der Waals surface area contributed by atoms with Crippen molar-refractivity contribution in [2.24, 2.45) is 5.73 Å². The third-order valence-corrected chi connectivity index (χ3v) is 2.81. The average Bonchev–Trinajstić information content (AvgIpc) is 2.66. The van der Waals surface area contributed by atoms with E-state index in [9.17, 15) is 14.7 Å². The van der Waals surface area contributed by atoms with E-state index in [0.717, 1.165) is 0 Å². The maximum absolute atomic E-state index is 11.3. The molecule has 0 fully saturated rings. The second kappa shape index (κ2) is 3.93. The van der Waals surface area contributed by atoms with Gasteiger partial charge in [0, 0.05) is 16.6 Å². The third-order valence-electron chi connectivity index (χ3n) is 2.81. The average molecular weight is 232 g/mol. The highest BCUT2D eigenvalue weighted by Crippen LogP contribution is 2.27. The summed E-state index contributed by atoms with van der Waals surface area (Å²) in [6.07, 6.45) is 0. The lowest BCUT2D eigenvalue weighted by molar-refractivity contribution is -0.119. The molecule has 4 N–H and O–H groups in total. The van der Waals surface area contributed by atoms with Gasteiger partial charge in [-0.1, -0.05) is 18.2 Å². The molecule has 5 heteroatoms. The fourth-order valence-electron chi connectivity index (χ4n) is 1.86. The number of hydrogen-bond acceptors (Lipinski definition) is 2. The van der Waals surface area contributed by atoms with Gasteiger partial charge in [-0.2, -0.15) is 0 Å². The number of carbonyl (C=O) groups excluding carboxylic acids is 1. The summed E-state index contributed by atoms with van der Waals surface area (Å²) in [7, 11) is 0. The number of carbonyl (C=O) groups is 2. The summed E-state index contributed by atoms with van der Waals surface area (Å²) in [6, 6.07) is 7.01. The van der Waals surface area contributed by atoms with Crippen LogP contribution in [0.3, 0.4) is 0 Å². The molecule has 1 atom stereocenters.